The van der Waals surface area contributed by atoms with Crippen molar-refractivity contribution in [3.63, 3.8) is 0 Å². The molecule has 8 heteroatoms. The van der Waals surface area contributed by atoms with E-state index in [9.17, 15) is 4.79 Å². The lowest BCUT2D eigenvalue weighted by atomic mass is 10.1. The number of nitrogens with zero attached hydrogens (tertiary/aromatic N) is 5. The molecular formula is C20H34N6OS. The third-order valence-corrected chi connectivity index (χ3v) is 6.72. The standard InChI is InChI=1S/C20H34N6OS/c1-16-18(28-17(2)23-16)7-8-22-20(21-3)26-13-11-24(12-14-26)15-19(27)25-9-5-4-6-10-25/h4-15H2,1-3H3,(H,21,22). The van der Waals surface area contributed by atoms with Crippen molar-refractivity contribution in [2.75, 3.05) is 59.4 Å². The summed E-state index contributed by atoms with van der Waals surface area (Å²) in [7, 11) is 1.84. The highest BCUT2D eigenvalue weighted by Gasteiger charge is 2.24. The lowest BCUT2D eigenvalue weighted by Gasteiger charge is -2.37. The van der Waals surface area contributed by atoms with E-state index in [1.54, 1.807) is 11.3 Å². The van der Waals surface area contributed by atoms with Crippen LogP contribution in [-0.2, 0) is 11.2 Å². The van der Waals surface area contributed by atoms with Crippen molar-refractivity contribution in [2.45, 2.75) is 39.5 Å². The number of aromatic nitrogens is 1. The van der Waals surface area contributed by atoms with E-state index in [1.165, 1.54) is 11.3 Å². The van der Waals surface area contributed by atoms with Gasteiger partial charge in [0.1, 0.15) is 0 Å². The molecule has 3 heterocycles. The van der Waals surface area contributed by atoms with Crippen LogP contribution in [0.25, 0.3) is 0 Å². The zero-order valence-electron chi connectivity index (χ0n) is 17.5. The van der Waals surface area contributed by atoms with Gasteiger partial charge in [0.05, 0.1) is 17.2 Å². The average molecular weight is 407 g/mol. The molecule has 2 aliphatic rings. The third-order valence-electron chi connectivity index (χ3n) is 5.59. The van der Waals surface area contributed by atoms with E-state index < -0.39 is 0 Å². The minimum Gasteiger partial charge on any atom is -0.356 e. The highest BCUT2D eigenvalue weighted by Crippen LogP contribution is 2.17. The van der Waals surface area contributed by atoms with Gasteiger partial charge in [0.15, 0.2) is 5.96 Å². The molecular weight excluding hydrogens is 372 g/mol. The Morgan fingerprint density at radius 2 is 1.79 bits per heavy atom. The number of guanidine groups is 1. The number of aliphatic imine (C=N–C) groups is 1. The molecule has 2 fully saturated rings. The van der Waals surface area contributed by atoms with Gasteiger partial charge >= 0.3 is 0 Å². The first-order valence-corrected chi connectivity index (χ1v) is 11.3. The Hall–Kier alpha value is -1.67. The highest BCUT2D eigenvalue weighted by molar-refractivity contribution is 7.11. The van der Waals surface area contributed by atoms with E-state index in [-0.39, 0.29) is 0 Å². The lowest BCUT2D eigenvalue weighted by Crippen LogP contribution is -2.54. The van der Waals surface area contributed by atoms with Gasteiger partial charge in [-0.15, -0.1) is 11.3 Å². The number of nitrogens with one attached hydrogen (secondary N) is 1. The molecule has 0 saturated carbocycles. The second kappa shape index (κ2) is 10.2. The molecule has 2 saturated heterocycles. The van der Waals surface area contributed by atoms with Crippen molar-refractivity contribution in [2.24, 2.45) is 4.99 Å². The fourth-order valence-corrected chi connectivity index (χ4v) is 4.91. The number of likely N-dealkylation sites (tertiary alicyclic amines) is 1. The second-order valence-corrected chi connectivity index (χ2v) is 8.96. The lowest BCUT2D eigenvalue weighted by molar-refractivity contribution is -0.133. The number of piperidine rings is 1. The predicted molar refractivity (Wildman–Crippen MR) is 115 cm³/mol. The molecule has 0 atom stereocenters. The molecule has 156 valence electrons. The van der Waals surface area contributed by atoms with Crippen molar-refractivity contribution >= 4 is 23.2 Å². The van der Waals surface area contributed by atoms with Gasteiger partial charge in [0.25, 0.3) is 0 Å². The van der Waals surface area contributed by atoms with Crippen molar-refractivity contribution in [3.8, 4) is 0 Å². The topological polar surface area (TPSA) is 64.1 Å². The Morgan fingerprint density at radius 3 is 2.39 bits per heavy atom. The summed E-state index contributed by atoms with van der Waals surface area (Å²) in [6.45, 7) is 11.1. The van der Waals surface area contributed by atoms with Crippen LogP contribution < -0.4 is 5.32 Å². The number of hydrogen-bond donors (Lipinski definition) is 1. The van der Waals surface area contributed by atoms with Crippen molar-refractivity contribution in [1.29, 1.82) is 0 Å². The molecule has 1 amide bonds. The van der Waals surface area contributed by atoms with E-state index in [0.29, 0.717) is 12.5 Å². The van der Waals surface area contributed by atoms with Gasteiger partial charge in [0.2, 0.25) is 5.91 Å². The highest BCUT2D eigenvalue weighted by atomic mass is 32.1. The van der Waals surface area contributed by atoms with Crippen LogP contribution in [0.1, 0.15) is 34.8 Å². The van der Waals surface area contributed by atoms with Crippen molar-refractivity contribution in [3.05, 3.63) is 15.6 Å². The Bertz CT molecular complexity index is 674. The Kier molecular flexibility index (Phi) is 7.67. The molecule has 28 heavy (non-hydrogen) atoms. The minimum atomic E-state index is 0.297. The van der Waals surface area contributed by atoms with Crippen LogP contribution in [0.15, 0.2) is 4.99 Å². The number of rotatable bonds is 5. The van der Waals surface area contributed by atoms with Gasteiger partial charge in [-0.25, -0.2) is 4.98 Å². The van der Waals surface area contributed by atoms with Gasteiger partial charge in [-0.3, -0.25) is 14.7 Å². The Labute approximate surface area is 172 Å². The second-order valence-electron chi connectivity index (χ2n) is 7.67. The van der Waals surface area contributed by atoms with Gasteiger partial charge in [-0.1, -0.05) is 0 Å². The smallest absolute Gasteiger partial charge is 0.236 e. The van der Waals surface area contributed by atoms with Crippen molar-refractivity contribution in [1.82, 2.24) is 25.0 Å². The van der Waals surface area contributed by atoms with Crippen LogP contribution in [0, 0.1) is 13.8 Å². The molecule has 0 bridgehead atoms. The van der Waals surface area contributed by atoms with Crippen LogP contribution >= 0.6 is 11.3 Å². The summed E-state index contributed by atoms with van der Waals surface area (Å²) in [6, 6.07) is 0. The number of piperazine rings is 1. The summed E-state index contributed by atoms with van der Waals surface area (Å²) in [5.74, 6) is 1.26. The fourth-order valence-electron chi connectivity index (χ4n) is 3.98. The maximum atomic E-state index is 12.5. The first kappa shape index (κ1) is 21.0. The summed E-state index contributed by atoms with van der Waals surface area (Å²) in [4.78, 5) is 29.4. The molecule has 0 unspecified atom stereocenters. The molecule has 3 rings (SSSR count). The molecule has 0 spiro atoms. The summed E-state index contributed by atoms with van der Waals surface area (Å²) < 4.78 is 0. The number of amides is 1. The summed E-state index contributed by atoms with van der Waals surface area (Å²) in [5, 5.41) is 4.62. The SMILES string of the molecule is CN=C(NCCc1sc(C)nc1C)N1CCN(CC(=O)N2CCCCC2)CC1. The average Bonchev–Trinajstić information content (AvgIpc) is 3.04. The number of carbonyl (C=O) groups is 1. The van der Waals surface area contributed by atoms with Crippen LogP contribution in [0.3, 0.4) is 0 Å². The first-order chi connectivity index (χ1) is 13.6. The van der Waals surface area contributed by atoms with E-state index in [0.717, 1.165) is 81.7 Å². The number of carbonyl (C=O) groups excluding carboxylic acids is 1. The molecule has 0 radical (unpaired) electrons. The zero-order chi connectivity index (χ0) is 19.9. The molecule has 1 aromatic heterocycles. The molecule has 0 aromatic carbocycles. The summed E-state index contributed by atoms with van der Waals surface area (Å²) in [5.41, 5.74) is 1.14. The Balaban J connectivity index is 1.40. The largest absolute Gasteiger partial charge is 0.356 e. The zero-order valence-corrected chi connectivity index (χ0v) is 18.4. The van der Waals surface area contributed by atoms with Gasteiger partial charge in [-0.05, 0) is 33.1 Å². The van der Waals surface area contributed by atoms with Gasteiger partial charge < -0.3 is 15.1 Å². The van der Waals surface area contributed by atoms with Crippen LogP contribution in [-0.4, -0.2) is 91.0 Å². The first-order valence-electron chi connectivity index (χ1n) is 10.5. The normalized spacial score (nSPS) is 19.2. The van der Waals surface area contributed by atoms with Gasteiger partial charge in [0, 0.05) is 64.2 Å². The van der Waals surface area contributed by atoms with Crippen LogP contribution in [0.4, 0.5) is 0 Å². The van der Waals surface area contributed by atoms with Crippen LogP contribution in [0.5, 0.6) is 0 Å². The summed E-state index contributed by atoms with van der Waals surface area (Å²) >= 11 is 1.78. The molecule has 1 N–H and O–H groups in total. The maximum absolute atomic E-state index is 12.5. The number of thiazole rings is 1. The van der Waals surface area contributed by atoms with E-state index in [4.69, 9.17) is 0 Å². The molecule has 2 aliphatic heterocycles. The predicted octanol–water partition coefficient (Wildman–Crippen LogP) is 1.51. The molecule has 0 aliphatic carbocycles. The van der Waals surface area contributed by atoms with Gasteiger partial charge in [-0.2, -0.15) is 0 Å². The molecule has 1 aromatic rings. The van der Waals surface area contributed by atoms with E-state index >= 15 is 0 Å². The Morgan fingerprint density at radius 1 is 1.07 bits per heavy atom. The monoisotopic (exact) mass is 406 g/mol. The summed E-state index contributed by atoms with van der Waals surface area (Å²) in [6.07, 6.45) is 4.54. The van der Waals surface area contributed by atoms with E-state index in [1.807, 2.05) is 11.9 Å². The maximum Gasteiger partial charge on any atom is 0.236 e. The number of hydrogen-bond acceptors (Lipinski definition) is 5. The quantitative estimate of drug-likeness (QED) is 0.593. The third kappa shape index (κ3) is 5.67. The number of aryl methyl sites for hydroxylation is 2. The van der Waals surface area contributed by atoms with E-state index in [2.05, 4.69) is 38.9 Å². The fraction of sp³-hybridized carbons (Fsp3) is 0.750. The minimum absolute atomic E-state index is 0.297. The molecule has 7 nitrogen and oxygen atoms in total. The van der Waals surface area contributed by atoms with Crippen molar-refractivity contribution < 1.29 is 4.79 Å². The van der Waals surface area contributed by atoms with Crippen LogP contribution in [0.2, 0.25) is 0 Å².